The van der Waals surface area contributed by atoms with E-state index in [9.17, 15) is 5.11 Å². The molecule has 2 saturated heterocycles. The molecule has 0 radical (unpaired) electrons. The number of ether oxygens (including phenoxy) is 1. The molecule has 5 atom stereocenters. The Bertz CT molecular complexity index is 384. The molecule has 2 aliphatic heterocycles. The van der Waals surface area contributed by atoms with Crippen LogP contribution in [-0.4, -0.2) is 21.9 Å². The van der Waals surface area contributed by atoms with Crippen molar-refractivity contribution in [2.75, 3.05) is 0 Å². The van der Waals surface area contributed by atoms with Crippen LogP contribution in [0, 0.1) is 11.8 Å². The van der Waals surface area contributed by atoms with Gasteiger partial charge in [-0.15, -0.1) is 0 Å². The molecule has 0 spiro atoms. The van der Waals surface area contributed by atoms with Crippen LogP contribution in [0.15, 0.2) is 11.6 Å². The van der Waals surface area contributed by atoms with Crippen LogP contribution in [0.25, 0.3) is 0 Å². The van der Waals surface area contributed by atoms with E-state index in [-0.39, 0.29) is 11.2 Å². The summed E-state index contributed by atoms with van der Waals surface area (Å²) >= 11 is 0. The lowest BCUT2D eigenvalue weighted by Crippen LogP contribution is -2.55. The number of aliphatic hydroxyl groups is 1. The third kappa shape index (κ3) is 1.29. The normalized spacial score (nSPS) is 54.6. The van der Waals surface area contributed by atoms with Gasteiger partial charge in [-0.1, -0.05) is 11.6 Å². The van der Waals surface area contributed by atoms with E-state index in [2.05, 4.69) is 33.8 Å². The Morgan fingerprint density at radius 1 is 1.41 bits per heavy atom. The number of hydrogen-bond donors (Lipinski definition) is 1. The van der Waals surface area contributed by atoms with Gasteiger partial charge in [-0.2, -0.15) is 0 Å². The summed E-state index contributed by atoms with van der Waals surface area (Å²) in [6.45, 7) is 8.54. The van der Waals surface area contributed by atoms with Crippen LogP contribution in [0.2, 0.25) is 0 Å². The molecule has 4 fully saturated rings. The highest BCUT2D eigenvalue weighted by Crippen LogP contribution is 2.75. The van der Waals surface area contributed by atoms with Crippen molar-refractivity contribution in [3.63, 3.8) is 0 Å². The Morgan fingerprint density at radius 3 is 2.65 bits per heavy atom. The van der Waals surface area contributed by atoms with Crippen molar-refractivity contribution < 1.29 is 9.84 Å². The molecule has 2 nitrogen and oxygen atoms in total. The first kappa shape index (κ1) is 11.7. The predicted octanol–water partition coefficient (Wildman–Crippen LogP) is 3.05. The van der Waals surface area contributed by atoms with E-state index in [1.807, 2.05) is 0 Å². The van der Waals surface area contributed by atoms with E-state index < -0.39 is 5.60 Å². The zero-order valence-electron chi connectivity index (χ0n) is 11.4. The standard InChI is InChI=1S/C15H24O2/c1-10(2)6-5-8-15(16)12-11-7-9-13(15,3)17-14(11,12)4/h6,11-12,16H,5,7-9H2,1-4H3/t11-,12?,13+,14?,15+/m1/s1. The zero-order valence-corrected chi connectivity index (χ0v) is 11.4. The third-order valence-electron chi connectivity index (χ3n) is 5.53. The third-order valence-corrected chi connectivity index (χ3v) is 5.53. The van der Waals surface area contributed by atoms with Gasteiger partial charge >= 0.3 is 0 Å². The van der Waals surface area contributed by atoms with Crippen molar-refractivity contribution in [1.29, 1.82) is 0 Å². The molecule has 2 heteroatoms. The molecule has 0 aromatic carbocycles. The predicted molar refractivity (Wildman–Crippen MR) is 67.7 cm³/mol. The monoisotopic (exact) mass is 236 g/mol. The van der Waals surface area contributed by atoms with Crippen LogP contribution in [0.4, 0.5) is 0 Å². The van der Waals surface area contributed by atoms with E-state index in [0.717, 1.165) is 19.3 Å². The Morgan fingerprint density at radius 2 is 2.12 bits per heavy atom. The molecule has 0 amide bonds. The van der Waals surface area contributed by atoms with Crippen molar-refractivity contribution in [3.05, 3.63) is 11.6 Å². The molecule has 1 N–H and O–H groups in total. The van der Waals surface area contributed by atoms with Gasteiger partial charge in [-0.25, -0.2) is 0 Å². The van der Waals surface area contributed by atoms with E-state index in [0.29, 0.717) is 11.8 Å². The molecule has 2 heterocycles. The number of rotatable bonds is 3. The first-order valence-electron chi connectivity index (χ1n) is 6.89. The van der Waals surface area contributed by atoms with Crippen LogP contribution >= 0.6 is 0 Å². The fraction of sp³-hybridized carbons (Fsp3) is 0.867. The molecule has 0 aromatic rings. The fourth-order valence-corrected chi connectivity index (χ4v) is 4.58. The molecule has 17 heavy (non-hydrogen) atoms. The molecule has 2 aliphatic carbocycles. The number of hydrogen-bond acceptors (Lipinski definition) is 2. The SMILES string of the molecule is CC(C)=CCC[C@]1(O)C2[C@H]3CC[C@]1(C)OC23C. The molecule has 0 aromatic heterocycles. The van der Waals surface area contributed by atoms with Crippen LogP contribution in [-0.2, 0) is 4.74 Å². The van der Waals surface area contributed by atoms with E-state index in [1.165, 1.54) is 12.0 Å². The zero-order chi connectivity index (χ0) is 12.5. The van der Waals surface area contributed by atoms with Crippen molar-refractivity contribution in [2.45, 2.75) is 70.2 Å². The van der Waals surface area contributed by atoms with Gasteiger partial charge in [0.1, 0.15) is 0 Å². The van der Waals surface area contributed by atoms with Crippen LogP contribution < -0.4 is 0 Å². The van der Waals surface area contributed by atoms with Gasteiger partial charge in [0.2, 0.25) is 0 Å². The molecular weight excluding hydrogens is 212 g/mol. The highest BCUT2D eigenvalue weighted by molar-refractivity contribution is 5.32. The quantitative estimate of drug-likeness (QED) is 0.763. The lowest BCUT2D eigenvalue weighted by atomic mass is 9.70. The second-order valence-electron chi connectivity index (χ2n) is 6.88. The van der Waals surface area contributed by atoms with Gasteiger partial charge in [-0.05, 0) is 59.3 Å². The average Bonchev–Trinajstić information content (AvgIpc) is 2.76. The summed E-state index contributed by atoms with van der Waals surface area (Å²) in [6, 6.07) is 0. The van der Waals surface area contributed by atoms with Crippen LogP contribution in [0.5, 0.6) is 0 Å². The smallest absolute Gasteiger partial charge is 0.0995 e. The first-order valence-corrected chi connectivity index (χ1v) is 6.89. The minimum absolute atomic E-state index is 0.00722. The summed E-state index contributed by atoms with van der Waals surface area (Å²) in [5.74, 6) is 1.00. The number of fused-ring (bicyclic) bond motifs is 1. The Balaban J connectivity index is 1.81. The molecule has 2 unspecified atom stereocenters. The summed E-state index contributed by atoms with van der Waals surface area (Å²) in [6.07, 6.45) is 6.31. The van der Waals surface area contributed by atoms with Gasteiger partial charge in [0.15, 0.2) is 0 Å². The lowest BCUT2D eigenvalue weighted by molar-refractivity contribution is -0.193. The van der Waals surface area contributed by atoms with Crippen LogP contribution in [0.3, 0.4) is 0 Å². The minimum atomic E-state index is -0.587. The highest BCUT2D eigenvalue weighted by atomic mass is 16.6. The summed E-state index contributed by atoms with van der Waals surface area (Å²) in [5, 5.41) is 11.1. The summed E-state index contributed by atoms with van der Waals surface area (Å²) < 4.78 is 6.21. The summed E-state index contributed by atoms with van der Waals surface area (Å²) in [5.41, 5.74) is 0.446. The first-order chi connectivity index (χ1) is 7.83. The van der Waals surface area contributed by atoms with Crippen molar-refractivity contribution >= 4 is 0 Å². The Labute approximate surface area is 104 Å². The van der Waals surface area contributed by atoms with E-state index >= 15 is 0 Å². The Kier molecular flexibility index (Phi) is 2.18. The maximum Gasteiger partial charge on any atom is 0.0995 e. The van der Waals surface area contributed by atoms with E-state index in [4.69, 9.17) is 4.74 Å². The van der Waals surface area contributed by atoms with Gasteiger partial charge < -0.3 is 9.84 Å². The molecule has 2 saturated carbocycles. The van der Waals surface area contributed by atoms with Crippen molar-refractivity contribution in [3.8, 4) is 0 Å². The van der Waals surface area contributed by atoms with E-state index in [1.54, 1.807) is 0 Å². The van der Waals surface area contributed by atoms with Crippen molar-refractivity contribution in [2.24, 2.45) is 11.8 Å². The van der Waals surface area contributed by atoms with Gasteiger partial charge in [0.25, 0.3) is 0 Å². The maximum absolute atomic E-state index is 11.1. The maximum atomic E-state index is 11.1. The summed E-state index contributed by atoms with van der Waals surface area (Å²) in [7, 11) is 0. The second-order valence-corrected chi connectivity index (χ2v) is 6.88. The Hall–Kier alpha value is -0.340. The van der Waals surface area contributed by atoms with Gasteiger partial charge in [-0.3, -0.25) is 0 Å². The average molecular weight is 236 g/mol. The fourth-order valence-electron chi connectivity index (χ4n) is 4.58. The minimum Gasteiger partial charge on any atom is -0.386 e. The van der Waals surface area contributed by atoms with Crippen LogP contribution in [0.1, 0.15) is 53.4 Å². The van der Waals surface area contributed by atoms with Crippen molar-refractivity contribution in [1.82, 2.24) is 0 Å². The second kappa shape index (κ2) is 3.16. The largest absolute Gasteiger partial charge is 0.386 e. The topological polar surface area (TPSA) is 29.5 Å². The van der Waals surface area contributed by atoms with Gasteiger partial charge in [0, 0.05) is 5.92 Å². The number of allylic oxidation sites excluding steroid dienone is 2. The lowest BCUT2D eigenvalue weighted by Gasteiger charge is -2.46. The molecular formula is C15H24O2. The molecule has 4 aliphatic rings. The highest BCUT2D eigenvalue weighted by Gasteiger charge is 2.83. The van der Waals surface area contributed by atoms with Gasteiger partial charge in [0.05, 0.1) is 16.8 Å². The molecule has 96 valence electrons. The summed E-state index contributed by atoms with van der Waals surface area (Å²) in [4.78, 5) is 0. The molecule has 4 bridgehead atoms. The molecule has 4 rings (SSSR count).